The van der Waals surface area contributed by atoms with Crippen molar-refractivity contribution in [3.63, 3.8) is 0 Å². The van der Waals surface area contributed by atoms with Crippen LogP contribution in [0.3, 0.4) is 0 Å². The third kappa shape index (κ3) is 33.9. The highest BCUT2D eigenvalue weighted by Gasteiger charge is 2.21. The van der Waals surface area contributed by atoms with Crippen molar-refractivity contribution in [1.29, 1.82) is 0 Å². The van der Waals surface area contributed by atoms with Crippen molar-refractivity contribution in [3.8, 4) is 0 Å². The van der Waals surface area contributed by atoms with Gasteiger partial charge in [-0.1, -0.05) is 0 Å². The first-order chi connectivity index (χ1) is 20.9. The van der Waals surface area contributed by atoms with Crippen molar-refractivity contribution in [2.24, 2.45) is 0 Å². The molecule has 0 spiro atoms. The van der Waals surface area contributed by atoms with Crippen LogP contribution in [0.2, 0.25) is 0 Å². The maximum absolute atomic E-state index is 5.47. The SMILES string of the molecule is COCCOCCOCCOCCOCCOCCOCCOCCOCCOCCOCCOCCOCC1CO1. The first-order valence-electron chi connectivity index (χ1n) is 15.0. The maximum Gasteiger partial charge on any atom is 0.104 e. The van der Waals surface area contributed by atoms with E-state index in [4.69, 9.17) is 66.3 Å². The second-order valence-electron chi connectivity index (χ2n) is 8.76. The molecule has 1 saturated heterocycles. The molecule has 14 heteroatoms. The van der Waals surface area contributed by atoms with Crippen LogP contribution in [-0.2, 0) is 66.3 Å². The van der Waals surface area contributed by atoms with Gasteiger partial charge in [0.1, 0.15) is 6.10 Å². The lowest BCUT2D eigenvalue weighted by atomic mass is 10.5. The van der Waals surface area contributed by atoms with Gasteiger partial charge in [0, 0.05) is 7.11 Å². The number of rotatable bonds is 38. The lowest BCUT2D eigenvalue weighted by Gasteiger charge is -2.09. The van der Waals surface area contributed by atoms with Crippen molar-refractivity contribution in [2.75, 3.05) is 179 Å². The molecule has 0 radical (unpaired) electrons. The molecule has 1 aliphatic heterocycles. The average Bonchev–Trinajstić information content (AvgIpc) is 3.83. The molecule has 1 heterocycles. The van der Waals surface area contributed by atoms with Gasteiger partial charge in [-0.25, -0.2) is 0 Å². The minimum absolute atomic E-state index is 0.297. The van der Waals surface area contributed by atoms with Gasteiger partial charge in [-0.05, 0) is 0 Å². The van der Waals surface area contributed by atoms with E-state index in [-0.39, 0.29) is 0 Å². The molecular formula is C28H56O14. The molecule has 1 atom stereocenters. The fourth-order valence-electron chi connectivity index (χ4n) is 2.94. The van der Waals surface area contributed by atoms with Crippen LogP contribution in [0.15, 0.2) is 0 Å². The Bertz CT molecular complexity index is 501. The van der Waals surface area contributed by atoms with Gasteiger partial charge in [-0.2, -0.15) is 0 Å². The zero-order valence-corrected chi connectivity index (χ0v) is 25.7. The molecule has 1 rings (SSSR count). The predicted molar refractivity (Wildman–Crippen MR) is 151 cm³/mol. The van der Waals surface area contributed by atoms with Gasteiger partial charge < -0.3 is 66.3 Å². The van der Waals surface area contributed by atoms with E-state index in [2.05, 4.69) is 0 Å². The van der Waals surface area contributed by atoms with E-state index in [1.807, 2.05) is 0 Å². The summed E-state index contributed by atoms with van der Waals surface area (Å²) < 4.78 is 75.1. The summed E-state index contributed by atoms with van der Waals surface area (Å²) in [6.45, 7) is 14.3. The Hall–Kier alpha value is -0.560. The fourth-order valence-corrected chi connectivity index (χ4v) is 2.94. The zero-order valence-electron chi connectivity index (χ0n) is 25.7. The second-order valence-corrected chi connectivity index (χ2v) is 8.76. The zero-order chi connectivity index (χ0) is 29.9. The van der Waals surface area contributed by atoms with Crippen LogP contribution in [0.4, 0.5) is 0 Å². The Kier molecular flexibility index (Phi) is 32.8. The summed E-state index contributed by atoms with van der Waals surface area (Å²) in [4.78, 5) is 0. The number of methoxy groups -OCH3 is 1. The van der Waals surface area contributed by atoms with Gasteiger partial charge in [0.2, 0.25) is 0 Å². The number of ether oxygens (including phenoxy) is 14. The van der Waals surface area contributed by atoms with Crippen molar-refractivity contribution in [3.05, 3.63) is 0 Å². The number of hydrogen-bond donors (Lipinski definition) is 0. The smallest absolute Gasteiger partial charge is 0.104 e. The Morgan fingerprint density at radius 2 is 0.524 bits per heavy atom. The quantitative estimate of drug-likeness (QED) is 0.0692. The van der Waals surface area contributed by atoms with Gasteiger partial charge in [0.05, 0.1) is 172 Å². The van der Waals surface area contributed by atoms with Crippen molar-refractivity contribution >= 4 is 0 Å². The largest absolute Gasteiger partial charge is 0.382 e. The lowest BCUT2D eigenvalue weighted by Crippen LogP contribution is -2.15. The molecule has 0 aromatic heterocycles. The van der Waals surface area contributed by atoms with Crippen LogP contribution >= 0.6 is 0 Å². The number of hydrogen-bond acceptors (Lipinski definition) is 14. The highest BCUT2D eigenvalue weighted by Crippen LogP contribution is 2.07. The average molecular weight is 617 g/mol. The summed E-state index contributed by atoms with van der Waals surface area (Å²) in [6.07, 6.45) is 0.297. The van der Waals surface area contributed by atoms with Gasteiger partial charge in [0.25, 0.3) is 0 Å². The van der Waals surface area contributed by atoms with E-state index in [9.17, 15) is 0 Å². The van der Waals surface area contributed by atoms with E-state index in [1.54, 1.807) is 7.11 Å². The van der Waals surface area contributed by atoms with Gasteiger partial charge in [-0.15, -0.1) is 0 Å². The summed E-state index contributed by atoms with van der Waals surface area (Å²) in [5, 5.41) is 0. The van der Waals surface area contributed by atoms with E-state index in [0.717, 1.165) is 6.61 Å². The minimum Gasteiger partial charge on any atom is -0.382 e. The molecule has 0 saturated carbocycles. The molecular weight excluding hydrogens is 560 g/mol. The Balaban J connectivity index is 1.58. The first-order valence-corrected chi connectivity index (χ1v) is 15.0. The third-order valence-corrected chi connectivity index (χ3v) is 5.23. The first kappa shape index (κ1) is 39.5. The topological polar surface area (TPSA) is 133 Å². The molecule has 1 unspecified atom stereocenters. The summed E-state index contributed by atoms with van der Waals surface area (Å²) in [5.74, 6) is 0. The van der Waals surface area contributed by atoms with E-state index in [0.29, 0.717) is 171 Å². The minimum atomic E-state index is 0.297. The highest BCUT2D eigenvalue weighted by atomic mass is 16.6. The molecule has 0 bridgehead atoms. The molecule has 0 N–H and O–H groups in total. The van der Waals surface area contributed by atoms with E-state index >= 15 is 0 Å². The normalized spacial score (nSPS) is 14.6. The monoisotopic (exact) mass is 616 g/mol. The fraction of sp³-hybridized carbons (Fsp3) is 1.00. The van der Waals surface area contributed by atoms with Gasteiger partial charge >= 0.3 is 0 Å². The predicted octanol–water partition coefficient (Wildman–Crippen LogP) is 0.231. The van der Waals surface area contributed by atoms with Crippen LogP contribution in [0.1, 0.15) is 0 Å². The molecule has 1 fully saturated rings. The Morgan fingerprint density at radius 1 is 0.333 bits per heavy atom. The summed E-state index contributed by atoms with van der Waals surface area (Å²) >= 11 is 0. The molecule has 0 aliphatic carbocycles. The maximum atomic E-state index is 5.47. The molecule has 0 aromatic carbocycles. The second kappa shape index (κ2) is 34.9. The van der Waals surface area contributed by atoms with E-state index < -0.39 is 0 Å². The van der Waals surface area contributed by atoms with Crippen molar-refractivity contribution in [1.82, 2.24) is 0 Å². The number of epoxide rings is 1. The van der Waals surface area contributed by atoms with Crippen molar-refractivity contribution < 1.29 is 66.3 Å². The van der Waals surface area contributed by atoms with Crippen molar-refractivity contribution in [2.45, 2.75) is 6.10 Å². The molecule has 14 nitrogen and oxygen atoms in total. The van der Waals surface area contributed by atoms with Crippen LogP contribution in [0.5, 0.6) is 0 Å². The van der Waals surface area contributed by atoms with Gasteiger partial charge in [-0.3, -0.25) is 0 Å². The van der Waals surface area contributed by atoms with Crippen LogP contribution in [-0.4, -0.2) is 185 Å². The van der Waals surface area contributed by atoms with Crippen LogP contribution in [0.25, 0.3) is 0 Å². The summed E-state index contributed by atoms with van der Waals surface area (Å²) in [6, 6.07) is 0. The summed E-state index contributed by atoms with van der Waals surface area (Å²) in [7, 11) is 1.65. The molecule has 252 valence electrons. The van der Waals surface area contributed by atoms with Crippen LogP contribution < -0.4 is 0 Å². The van der Waals surface area contributed by atoms with Gasteiger partial charge in [0.15, 0.2) is 0 Å². The highest BCUT2D eigenvalue weighted by molar-refractivity contribution is 4.66. The third-order valence-electron chi connectivity index (χ3n) is 5.23. The molecule has 0 amide bonds. The summed E-state index contributed by atoms with van der Waals surface area (Å²) in [5.41, 5.74) is 0. The van der Waals surface area contributed by atoms with Crippen LogP contribution in [0, 0.1) is 0 Å². The Labute approximate surface area is 251 Å². The molecule has 0 aromatic rings. The van der Waals surface area contributed by atoms with E-state index in [1.165, 1.54) is 0 Å². The Morgan fingerprint density at radius 3 is 0.714 bits per heavy atom. The standard InChI is InChI=1S/C28H56O14/c1-29-2-3-30-4-5-31-6-7-32-8-9-33-10-11-34-12-13-35-14-15-36-16-17-37-18-19-38-20-21-39-22-23-40-24-25-41-26-28-27-42-28/h28H,2-27H2,1H3. The molecule has 42 heavy (non-hydrogen) atoms. The molecule has 1 aliphatic rings. The lowest BCUT2D eigenvalue weighted by molar-refractivity contribution is -0.0288.